The van der Waals surface area contributed by atoms with Crippen molar-refractivity contribution in [3.8, 4) is 0 Å². The molecular weight excluding hydrogens is 363 g/mol. The fraction of sp³-hybridized carbons (Fsp3) is 0.240. The molecule has 0 saturated carbocycles. The maximum Gasteiger partial charge on any atom is 0.306 e. The van der Waals surface area contributed by atoms with Gasteiger partial charge in [0, 0.05) is 10.8 Å². The monoisotopic (exact) mass is 388 g/mol. The molecule has 142 valence electrons. The van der Waals surface area contributed by atoms with Crippen LogP contribution in [0.25, 0.3) is 0 Å². The zero-order valence-corrected chi connectivity index (χ0v) is 17.0. The highest BCUT2D eigenvalue weighted by Crippen LogP contribution is 2.74. The van der Waals surface area contributed by atoms with Crippen LogP contribution in [-0.2, 0) is 14.7 Å². The Morgan fingerprint density at radius 3 is 2.11 bits per heavy atom. The lowest BCUT2D eigenvalue weighted by atomic mass is 9.89. The van der Waals surface area contributed by atoms with Crippen molar-refractivity contribution in [1.82, 2.24) is 0 Å². The maximum atomic E-state index is 12.6. The Morgan fingerprint density at radius 2 is 1.50 bits per heavy atom. The molecule has 3 aromatic carbocycles. The van der Waals surface area contributed by atoms with Crippen LogP contribution in [0.3, 0.4) is 0 Å². The molecule has 0 spiro atoms. The van der Waals surface area contributed by atoms with Crippen molar-refractivity contribution >= 4 is 19.2 Å². The van der Waals surface area contributed by atoms with E-state index in [0.717, 1.165) is 12.8 Å². The number of ether oxygens (including phenoxy) is 1. The van der Waals surface area contributed by atoms with Crippen molar-refractivity contribution in [2.45, 2.75) is 30.1 Å². The summed E-state index contributed by atoms with van der Waals surface area (Å²) in [6, 6.07) is 32.2. The summed E-state index contributed by atoms with van der Waals surface area (Å²) in [4.78, 5) is 12.6. The third-order valence-electron chi connectivity index (χ3n) is 5.80. The first-order valence-electron chi connectivity index (χ1n) is 9.76. The molecular formula is C25H25O2P. The molecule has 28 heavy (non-hydrogen) atoms. The lowest BCUT2D eigenvalue weighted by Gasteiger charge is -2.38. The lowest BCUT2D eigenvalue weighted by Crippen LogP contribution is -2.29. The SMILES string of the molecule is COC(=O)C[C@]1(c2ccccc2)CC[C@@H](c2ccccc2)P1c1ccccc1. The van der Waals surface area contributed by atoms with E-state index in [0.29, 0.717) is 12.1 Å². The molecule has 1 saturated heterocycles. The predicted molar refractivity (Wildman–Crippen MR) is 116 cm³/mol. The number of methoxy groups -OCH3 is 1. The Morgan fingerprint density at radius 1 is 0.929 bits per heavy atom. The second-order valence-electron chi connectivity index (χ2n) is 7.32. The summed E-state index contributed by atoms with van der Waals surface area (Å²) < 4.78 is 5.16. The molecule has 2 nitrogen and oxygen atoms in total. The van der Waals surface area contributed by atoms with E-state index in [9.17, 15) is 4.79 Å². The molecule has 1 fully saturated rings. The largest absolute Gasteiger partial charge is 0.469 e. The van der Waals surface area contributed by atoms with Gasteiger partial charge in [-0.3, -0.25) is 4.79 Å². The quantitative estimate of drug-likeness (QED) is 0.409. The highest BCUT2D eigenvalue weighted by atomic mass is 31.1. The van der Waals surface area contributed by atoms with Crippen molar-refractivity contribution < 1.29 is 9.53 Å². The number of hydrogen-bond acceptors (Lipinski definition) is 2. The highest BCUT2D eigenvalue weighted by molar-refractivity contribution is 7.67. The minimum atomic E-state index is -0.643. The minimum absolute atomic E-state index is 0.124. The van der Waals surface area contributed by atoms with Gasteiger partial charge in [0.05, 0.1) is 13.5 Å². The molecule has 0 aliphatic carbocycles. The van der Waals surface area contributed by atoms with Crippen molar-refractivity contribution in [2.24, 2.45) is 0 Å². The number of hydrogen-bond donors (Lipinski definition) is 0. The average Bonchev–Trinajstić information content (AvgIpc) is 3.15. The first kappa shape index (κ1) is 18.9. The highest BCUT2D eigenvalue weighted by Gasteiger charge is 2.51. The van der Waals surface area contributed by atoms with Gasteiger partial charge >= 0.3 is 5.97 Å². The molecule has 3 atom stereocenters. The fourth-order valence-corrected chi connectivity index (χ4v) is 8.45. The Kier molecular flexibility index (Phi) is 5.59. The van der Waals surface area contributed by atoms with Crippen LogP contribution < -0.4 is 5.30 Å². The molecule has 1 aliphatic heterocycles. The number of carbonyl (C=O) groups is 1. The average molecular weight is 388 g/mol. The third-order valence-corrected chi connectivity index (χ3v) is 9.39. The third kappa shape index (κ3) is 3.50. The predicted octanol–water partition coefficient (Wildman–Crippen LogP) is 5.79. The van der Waals surface area contributed by atoms with E-state index in [1.807, 2.05) is 6.07 Å². The lowest BCUT2D eigenvalue weighted by molar-refractivity contribution is -0.141. The van der Waals surface area contributed by atoms with Crippen molar-refractivity contribution in [3.05, 3.63) is 102 Å². The van der Waals surface area contributed by atoms with E-state index in [4.69, 9.17) is 4.74 Å². The molecule has 3 aromatic rings. The second kappa shape index (κ2) is 8.29. The van der Waals surface area contributed by atoms with E-state index in [1.165, 1.54) is 23.5 Å². The molecule has 0 radical (unpaired) electrons. The summed E-state index contributed by atoms with van der Waals surface area (Å²) in [6.45, 7) is 0. The summed E-state index contributed by atoms with van der Waals surface area (Å²) in [5, 5.41) is 1.16. The van der Waals surface area contributed by atoms with E-state index < -0.39 is 7.92 Å². The zero-order chi connectivity index (χ0) is 19.4. The van der Waals surface area contributed by atoms with Crippen LogP contribution in [0.15, 0.2) is 91.0 Å². The smallest absolute Gasteiger partial charge is 0.306 e. The topological polar surface area (TPSA) is 26.3 Å². The minimum Gasteiger partial charge on any atom is -0.469 e. The first-order valence-corrected chi connectivity index (χ1v) is 11.2. The van der Waals surface area contributed by atoms with Gasteiger partial charge in [-0.25, -0.2) is 0 Å². The van der Waals surface area contributed by atoms with Crippen LogP contribution in [0, 0.1) is 0 Å². The van der Waals surface area contributed by atoms with Crippen LogP contribution in [0.5, 0.6) is 0 Å². The standard InChI is InChI=1S/C25H25O2P/c1-27-24(26)19-25(21-13-7-3-8-14-21)18-17-23(20-11-5-2-6-12-20)28(25)22-15-9-4-10-16-22/h2-16,23H,17-19H2,1H3/t23-,25-,28?/m0/s1. The van der Waals surface area contributed by atoms with Crippen LogP contribution in [-0.4, -0.2) is 13.1 Å². The van der Waals surface area contributed by atoms with E-state index in [2.05, 4.69) is 84.9 Å². The van der Waals surface area contributed by atoms with Crippen LogP contribution >= 0.6 is 7.92 Å². The maximum absolute atomic E-state index is 12.6. The molecule has 0 bridgehead atoms. The molecule has 0 amide bonds. The molecule has 0 N–H and O–H groups in total. The Balaban J connectivity index is 1.89. The van der Waals surface area contributed by atoms with Crippen molar-refractivity contribution in [3.63, 3.8) is 0 Å². The molecule has 1 unspecified atom stereocenters. The fourth-order valence-electron chi connectivity index (χ4n) is 4.55. The van der Waals surface area contributed by atoms with E-state index in [1.54, 1.807) is 0 Å². The summed E-state index contributed by atoms with van der Waals surface area (Å²) in [5.74, 6) is -0.124. The molecule has 4 rings (SSSR count). The number of carbonyl (C=O) groups excluding carboxylic acids is 1. The molecule has 0 aromatic heterocycles. The van der Waals surface area contributed by atoms with Gasteiger partial charge < -0.3 is 4.74 Å². The van der Waals surface area contributed by atoms with Gasteiger partial charge in [-0.15, -0.1) is 0 Å². The second-order valence-corrected chi connectivity index (χ2v) is 10.1. The van der Waals surface area contributed by atoms with Crippen LogP contribution in [0.1, 0.15) is 36.0 Å². The van der Waals surface area contributed by atoms with Gasteiger partial charge in [-0.1, -0.05) is 98.9 Å². The Bertz CT molecular complexity index is 911. The zero-order valence-electron chi connectivity index (χ0n) is 16.1. The van der Waals surface area contributed by atoms with Crippen LogP contribution in [0.4, 0.5) is 0 Å². The Labute approximate surface area is 168 Å². The molecule has 1 aliphatic rings. The van der Waals surface area contributed by atoms with Gasteiger partial charge in [0.2, 0.25) is 0 Å². The molecule has 3 heteroatoms. The summed E-state index contributed by atoms with van der Waals surface area (Å²) in [6.07, 6.45) is 2.50. The van der Waals surface area contributed by atoms with Crippen molar-refractivity contribution in [1.29, 1.82) is 0 Å². The van der Waals surface area contributed by atoms with E-state index >= 15 is 0 Å². The number of benzene rings is 3. The number of esters is 1. The number of rotatable bonds is 5. The normalized spacial score (nSPS) is 24.0. The van der Waals surface area contributed by atoms with Crippen molar-refractivity contribution in [2.75, 3.05) is 7.11 Å². The van der Waals surface area contributed by atoms with Gasteiger partial charge in [-0.05, 0) is 29.3 Å². The van der Waals surface area contributed by atoms with Crippen LogP contribution in [0.2, 0.25) is 0 Å². The van der Waals surface area contributed by atoms with E-state index in [-0.39, 0.29) is 11.1 Å². The summed E-state index contributed by atoms with van der Waals surface area (Å²) in [5.41, 5.74) is 3.07. The first-order chi connectivity index (χ1) is 13.7. The van der Waals surface area contributed by atoms with Gasteiger partial charge in [0.15, 0.2) is 0 Å². The summed E-state index contributed by atoms with van der Waals surface area (Å²) >= 11 is 0. The molecule has 1 heterocycles. The van der Waals surface area contributed by atoms with Gasteiger partial charge in [-0.2, -0.15) is 0 Å². The van der Waals surface area contributed by atoms with Gasteiger partial charge in [0.1, 0.15) is 0 Å². The Hall–Kier alpha value is -2.44. The summed E-state index contributed by atoms with van der Waals surface area (Å²) in [7, 11) is 0.853. The van der Waals surface area contributed by atoms with Gasteiger partial charge in [0.25, 0.3) is 0 Å².